The quantitative estimate of drug-likeness (QED) is 0.0263. The third-order valence-corrected chi connectivity index (χ3v) is 10.7. The fourth-order valence-electron chi connectivity index (χ4n) is 7.04. The number of nitro benzene ring substituents is 2. The molecule has 0 aliphatic carbocycles. The first kappa shape index (κ1) is 60.9. The molecule has 0 unspecified atom stereocenters. The highest BCUT2D eigenvalue weighted by atomic mass is 19.4. The number of aliphatic carboxylic acids is 2. The smallest absolute Gasteiger partial charge is 0.481 e. The van der Waals surface area contributed by atoms with Gasteiger partial charge < -0.3 is 63.6 Å². The number of carboxylic acid groups (broad SMARTS) is 2. The average Bonchev–Trinajstić information content (AvgIpc) is 3.80. The predicted molar refractivity (Wildman–Crippen MR) is 249 cm³/mol. The van der Waals surface area contributed by atoms with Crippen molar-refractivity contribution in [1.29, 1.82) is 0 Å². The number of non-ortho nitro benzene ring substituents is 1. The van der Waals surface area contributed by atoms with Crippen molar-refractivity contribution in [2.24, 2.45) is 11.7 Å². The Hall–Kier alpha value is -8.18. The van der Waals surface area contributed by atoms with E-state index in [4.69, 9.17) is 21.4 Å². The number of aliphatic hydroxyl groups is 1. The van der Waals surface area contributed by atoms with Crippen LogP contribution in [0.2, 0.25) is 0 Å². The van der Waals surface area contributed by atoms with Crippen LogP contribution in [-0.4, -0.2) is 145 Å². The second-order valence-corrected chi connectivity index (χ2v) is 16.8. The van der Waals surface area contributed by atoms with Crippen molar-refractivity contribution in [3.8, 4) is 0 Å². The van der Waals surface area contributed by atoms with Gasteiger partial charge in [0.25, 0.3) is 17.3 Å². The summed E-state index contributed by atoms with van der Waals surface area (Å²) in [4.78, 5) is 135. The molecular weight excluding hydrogens is 984 g/mol. The van der Waals surface area contributed by atoms with Crippen LogP contribution in [0.15, 0.2) is 42.5 Å². The number of amides is 7. The van der Waals surface area contributed by atoms with Gasteiger partial charge >= 0.3 is 18.1 Å². The molecule has 30 heteroatoms. The third kappa shape index (κ3) is 20.2. The number of unbranched alkanes of at least 4 members (excludes halogenated alkanes) is 1. The minimum Gasteiger partial charge on any atom is -0.481 e. The number of nitrogens with zero attached hydrogens (tertiary/aromatic N) is 3. The Morgan fingerprint density at radius 2 is 1.49 bits per heavy atom. The molecule has 13 N–H and O–H groups in total. The van der Waals surface area contributed by atoms with Crippen molar-refractivity contribution in [3.05, 3.63) is 68.3 Å². The number of alkyl halides is 3. The molecule has 7 amide bonds. The lowest BCUT2D eigenvalue weighted by molar-refractivity contribution is -0.393. The first-order valence-corrected chi connectivity index (χ1v) is 22.3. The van der Waals surface area contributed by atoms with Gasteiger partial charge in [0.05, 0.1) is 34.1 Å². The van der Waals surface area contributed by atoms with Gasteiger partial charge in [-0.3, -0.25) is 58.6 Å². The zero-order valence-electron chi connectivity index (χ0n) is 39.6. The zero-order chi connectivity index (χ0) is 55.3. The minimum absolute atomic E-state index is 0.0144. The summed E-state index contributed by atoms with van der Waals surface area (Å²) in [6.45, 7) is 4.36. The number of carbonyl (C=O) groups is 9. The van der Waals surface area contributed by atoms with Gasteiger partial charge in [-0.15, -0.1) is 0 Å². The number of primary amides is 1. The van der Waals surface area contributed by atoms with Crippen LogP contribution in [0, 0.1) is 26.1 Å². The molecule has 1 aliphatic rings. The van der Waals surface area contributed by atoms with E-state index < -0.39 is 136 Å². The normalized spacial score (nSPS) is 15.1. The Kier molecular flexibility index (Phi) is 23.9. The maximum absolute atomic E-state index is 13.9. The van der Waals surface area contributed by atoms with Crippen molar-refractivity contribution in [3.63, 3.8) is 0 Å². The average molecular weight is 1040 g/mol. The molecule has 1 saturated heterocycles. The summed E-state index contributed by atoms with van der Waals surface area (Å²) in [6, 6.07) is 2.70. The highest BCUT2D eigenvalue weighted by Crippen LogP contribution is 2.29. The molecule has 0 bridgehead atoms. The van der Waals surface area contributed by atoms with Crippen LogP contribution >= 0.6 is 0 Å². The van der Waals surface area contributed by atoms with E-state index in [2.05, 4.69) is 31.9 Å². The number of benzene rings is 2. The molecule has 73 heavy (non-hydrogen) atoms. The first-order valence-electron chi connectivity index (χ1n) is 22.3. The third-order valence-electron chi connectivity index (χ3n) is 10.7. The number of likely N-dealkylation sites (tertiary alicyclic amines) is 1. The van der Waals surface area contributed by atoms with Crippen LogP contribution < -0.4 is 43.4 Å². The number of hydrogen-bond acceptors (Lipinski definition) is 16. The molecule has 1 aliphatic heterocycles. The Morgan fingerprint density at radius 1 is 0.849 bits per heavy atom. The largest absolute Gasteiger partial charge is 0.490 e. The molecular formula is C43H58F3N11O16. The van der Waals surface area contributed by atoms with E-state index in [-0.39, 0.29) is 61.6 Å². The van der Waals surface area contributed by atoms with Crippen molar-refractivity contribution in [2.45, 2.75) is 115 Å². The summed E-state index contributed by atoms with van der Waals surface area (Å²) in [7, 11) is 0. The van der Waals surface area contributed by atoms with Crippen LogP contribution in [-0.2, 0) is 38.4 Å². The molecule has 3 rings (SSSR count). The molecule has 2 aromatic carbocycles. The second kappa shape index (κ2) is 28.6. The summed E-state index contributed by atoms with van der Waals surface area (Å²) in [5.74, 6) is -10.0. The first-order chi connectivity index (χ1) is 34.0. The number of carboxylic acids is 2. The SMILES string of the molecule is CC(C)C[C@H](NC(=O)c1ccccc1N)C(=O)N1CCC[C@H]1C(=O)N[C@@H](CCC(=O)O)C(=O)N[C@H](C(=O)NCC(=O)N[C@@H](CCCCNc1ccc([N+](=O)[O-])cc1[N+](=O)[O-])C(N)=O)[C@@H](C)O.O=C(O)C(F)(F)F. The molecule has 0 aromatic heterocycles. The molecule has 27 nitrogen and oxygen atoms in total. The van der Waals surface area contributed by atoms with Gasteiger partial charge in [0.2, 0.25) is 35.4 Å². The highest BCUT2D eigenvalue weighted by Gasteiger charge is 2.40. The van der Waals surface area contributed by atoms with E-state index in [9.17, 15) is 82.0 Å². The van der Waals surface area contributed by atoms with Crippen LogP contribution in [0.1, 0.15) is 82.5 Å². The topological polar surface area (TPSA) is 428 Å². The number of anilines is 2. The van der Waals surface area contributed by atoms with E-state index in [0.29, 0.717) is 12.8 Å². The number of nitrogens with one attached hydrogen (secondary N) is 6. The molecule has 0 saturated carbocycles. The van der Waals surface area contributed by atoms with E-state index in [1.807, 2.05) is 13.8 Å². The highest BCUT2D eigenvalue weighted by molar-refractivity contribution is 6.02. The van der Waals surface area contributed by atoms with Gasteiger partial charge in [-0.2, -0.15) is 13.2 Å². The van der Waals surface area contributed by atoms with Crippen LogP contribution in [0.4, 0.5) is 35.9 Å². The molecule has 1 fully saturated rings. The Bertz CT molecular complexity index is 2350. The number of halogens is 3. The maximum atomic E-state index is 13.9. The fraction of sp³-hybridized carbons (Fsp3) is 0.512. The van der Waals surface area contributed by atoms with Gasteiger partial charge in [0.15, 0.2) is 0 Å². The van der Waals surface area contributed by atoms with Crippen LogP contribution in [0.5, 0.6) is 0 Å². The van der Waals surface area contributed by atoms with Gasteiger partial charge in [-0.1, -0.05) is 26.0 Å². The van der Waals surface area contributed by atoms with E-state index in [1.54, 1.807) is 12.1 Å². The van der Waals surface area contributed by atoms with Crippen molar-refractivity contribution in [2.75, 3.05) is 30.7 Å². The number of nitrogen functional groups attached to an aromatic ring is 1. The summed E-state index contributed by atoms with van der Waals surface area (Å²) >= 11 is 0. The van der Waals surface area contributed by atoms with Gasteiger partial charge in [-0.25, -0.2) is 4.79 Å². The van der Waals surface area contributed by atoms with Crippen molar-refractivity contribution < 1.29 is 81.5 Å². The van der Waals surface area contributed by atoms with Crippen molar-refractivity contribution >= 4 is 76.0 Å². The minimum atomic E-state index is -5.08. The number of para-hydroxylation sites is 1. The molecule has 2 aromatic rings. The summed E-state index contributed by atoms with van der Waals surface area (Å²) in [5, 5.41) is 64.2. The van der Waals surface area contributed by atoms with E-state index in [0.717, 1.165) is 19.1 Å². The van der Waals surface area contributed by atoms with Crippen LogP contribution in [0.25, 0.3) is 0 Å². The zero-order valence-corrected chi connectivity index (χ0v) is 39.6. The number of nitrogens with two attached hydrogens (primary N) is 2. The number of aliphatic hydroxyl groups excluding tert-OH is 1. The standard InChI is InChI=1S/C41H57N11O14.C2HF3O2/c1-22(2)19-30(48-37(58)25-9-4-5-10-26(25)42)41(62)50-18-8-12-31(50)39(60)47-29(15-16-34(55)56)38(59)49-35(23(3)53)40(61)45-21-33(54)46-28(36(43)57)11-6-7-17-44-27-14-13-24(51(63)64)20-32(27)52(65)66;3-2(4,5)1(6)7/h4-5,9-10,13-14,20,22-23,28-31,35,44,53H,6-8,11-12,15-19,21,42H2,1-3H3,(H2,43,57)(H,45,61)(H,46,54)(H,47,60)(H,48,58)(H,49,59)(H,55,56);(H,6,7)/t23-,28+,29+,30+,31+,35+;/m1./s1. The van der Waals surface area contributed by atoms with Crippen LogP contribution in [0.3, 0.4) is 0 Å². The Morgan fingerprint density at radius 3 is 2.04 bits per heavy atom. The second-order valence-electron chi connectivity index (χ2n) is 16.8. The molecule has 0 spiro atoms. The summed E-state index contributed by atoms with van der Waals surface area (Å²) in [5.41, 5.74) is 10.8. The molecule has 6 atom stereocenters. The van der Waals surface area contributed by atoms with E-state index in [1.165, 1.54) is 23.1 Å². The molecule has 402 valence electrons. The Balaban J connectivity index is 0.00000242. The number of hydrogen-bond donors (Lipinski definition) is 11. The number of nitro groups is 2. The lowest BCUT2D eigenvalue weighted by atomic mass is 10.0. The van der Waals surface area contributed by atoms with Gasteiger partial charge in [0.1, 0.15) is 35.9 Å². The number of carbonyl (C=O) groups excluding carboxylic acids is 7. The van der Waals surface area contributed by atoms with E-state index >= 15 is 0 Å². The number of rotatable bonds is 26. The fourth-order valence-corrected chi connectivity index (χ4v) is 7.04. The molecule has 1 heterocycles. The molecule has 0 radical (unpaired) electrons. The Labute approximate surface area is 413 Å². The lowest BCUT2D eigenvalue weighted by Gasteiger charge is -2.31. The van der Waals surface area contributed by atoms with Gasteiger partial charge in [-0.05, 0) is 76.0 Å². The maximum Gasteiger partial charge on any atom is 0.490 e. The summed E-state index contributed by atoms with van der Waals surface area (Å²) in [6.07, 6.45) is -6.37. The van der Waals surface area contributed by atoms with Crippen molar-refractivity contribution in [1.82, 2.24) is 31.5 Å². The summed E-state index contributed by atoms with van der Waals surface area (Å²) < 4.78 is 31.7. The monoisotopic (exact) mass is 1040 g/mol. The lowest BCUT2D eigenvalue weighted by Crippen LogP contribution is -2.60. The predicted octanol–water partition coefficient (Wildman–Crippen LogP) is 0.438. The van der Waals surface area contributed by atoms with Gasteiger partial charge in [0, 0.05) is 31.3 Å².